The molecule has 0 N–H and O–H groups in total. The van der Waals surface area contributed by atoms with Crippen LogP contribution in [0.15, 0.2) is 29.8 Å². The molecule has 1 spiro atoms. The Morgan fingerprint density at radius 3 is 2.90 bits per heavy atom. The molecule has 170 valence electrons. The summed E-state index contributed by atoms with van der Waals surface area (Å²) in [6.07, 6.45) is 2.15. The van der Waals surface area contributed by atoms with E-state index in [1.807, 2.05) is 5.51 Å². The molecular formula is C21H29FN4O3S2. The lowest BCUT2D eigenvalue weighted by molar-refractivity contribution is 0.101. The number of likely N-dealkylation sites (tertiary alicyclic amines) is 1. The minimum Gasteiger partial charge on any atom is -0.384 e. The van der Waals surface area contributed by atoms with E-state index >= 15 is 0 Å². The van der Waals surface area contributed by atoms with Crippen LogP contribution >= 0.6 is 11.3 Å². The summed E-state index contributed by atoms with van der Waals surface area (Å²) in [5, 5.41) is 0. The zero-order valence-electron chi connectivity index (χ0n) is 18.1. The number of ether oxygens (including phenoxy) is 1. The third-order valence-electron chi connectivity index (χ3n) is 6.39. The number of piperidine rings is 1. The van der Waals surface area contributed by atoms with Crippen LogP contribution in [0.3, 0.4) is 0 Å². The van der Waals surface area contributed by atoms with Crippen molar-refractivity contribution in [2.45, 2.75) is 44.3 Å². The van der Waals surface area contributed by atoms with Crippen LogP contribution in [0.25, 0.3) is 0 Å². The average molecular weight is 469 g/mol. The second-order valence-corrected chi connectivity index (χ2v) is 11.3. The maximum absolute atomic E-state index is 13.9. The van der Waals surface area contributed by atoms with Gasteiger partial charge in [0.05, 0.1) is 29.0 Å². The Morgan fingerprint density at radius 1 is 1.39 bits per heavy atom. The summed E-state index contributed by atoms with van der Waals surface area (Å²) < 4.78 is 48.3. The number of halogens is 1. The van der Waals surface area contributed by atoms with E-state index in [-0.39, 0.29) is 6.04 Å². The zero-order valence-corrected chi connectivity index (χ0v) is 19.8. The largest absolute Gasteiger partial charge is 0.384 e. The molecule has 2 atom stereocenters. The Labute approximate surface area is 187 Å². The number of hydrogen-bond acceptors (Lipinski definition) is 6. The summed E-state index contributed by atoms with van der Waals surface area (Å²) in [5.41, 5.74) is 2.77. The highest BCUT2D eigenvalue weighted by Gasteiger charge is 2.55. The molecule has 2 fully saturated rings. The topological polar surface area (TPSA) is 66.0 Å². The molecule has 2 aliphatic heterocycles. The molecular weight excluding hydrogens is 439 g/mol. The van der Waals surface area contributed by atoms with Crippen molar-refractivity contribution >= 4 is 27.2 Å². The Morgan fingerprint density at radius 2 is 2.19 bits per heavy atom. The molecule has 0 radical (unpaired) electrons. The van der Waals surface area contributed by atoms with Crippen LogP contribution in [0.5, 0.6) is 0 Å². The third-order valence-corrected chi connectivity index (χ3v) is 9.23. The summed E-state index contributed by atoms with van der Waals surface area (Å²) in [7, 11) is -0.398. The Kier molecular flexibility index (Phi) is 6.37. The molecule has 0 aliphatic carbocycles. The lowest BCUT2D eigenvalue weighted by Gasteiger charge is -2.47. The molecule has 2 saturated heterocycles. The number of anilines is 1. The van der Waals surface area contributed by atoms with E-state index in [0.717, 1.165) is 25.2 Å². The quantitative estimate of drug-likeness (QED) is 0.652. The van der Waals surface area contributed by atoms with Gasteiger partial charge in [0.25, 0.3) is 0 Å². The molecule has 7 nitrogen and oxygen atoms in total. The van der Waals surface area contributed by atoms with Gasteiger partial charge in [0.2, 0.25) is 0 Å². The number of benzene rings is 1. The van der Waals surface area contributed by atoms with Crippen LogP contribution in [-0.4, -0.2) is 68.0 Å². The van der Waals surface area contributed by atoms with Crippen molar-refractivity contribution in [1.29, 1.82) is 0 Å². The SMILES string of the molecule is COCCc1ncsc1CN1CC[C@@]2(C[C@@H]1C)CN(C)S(=O)(=O)N2c1cccc(F)c1. The van der Waals surface area contributed by atoms with E-state index in [1.54, 1.807) is 37.6 Å². The van der Waals surface area contributed by atoms with E-state index in [2.05, 4.69) is 16.8 Å². The van der Waals surface area contributed by atoms with Crippen LogP contribution in [0.4, 0.5) is 10.1 Å². The van der Waals surface area contributed by atoms with Gasteiger partial charge in [-0.05, 0) is 38.0 Å². The first-order valence-corrected chi connectivity index (χ1v) is 12.7. The van der Waals surface area contributed by atoms with E-state index < -0.39 is 21.6 Å². The fourth-order valence-electron chi connectivity index (χ4n) is 4.88. The molecule has 31 heavy (non-hydrogen) atoms. The summed E-state index contributed by atoms with van der Waals surface area (Å²) in [6, 6.07) is 6.07. The number of likely N-dealkylation sites (N-methyl/N-ethyl adjacent to an activating group) is 1. The maximum Gasteiger partial charge on any atom is 0.304 e. The number of nitrogens with zero attached hydrogens (tertiary/aromatic N) is 4. The minimum atomic E-state index is -3.69. The molecule has 1 aromatic heterocycles. The average Bonchev–Trinajstić information content (AvgIpc) is 3.22. The Balaban J connectivity index is 1.57. The molecule has 10 heteroatoms. The third kappa shape index (κ3) is 4.23. The minimum absolute atomic E-state index is 0.170. The van der Waals surface area contributed by atoms with E-state index in [0.29, 0.717) is 31.7 Å². The second kappa shape index (κ2) is 8.74. The summed E-state index contributed by atoms with van der Waals surface area (Å²) in [4.78, 5) is 8.11. The predicted molar refractivity (Wildman–Crippen MR) is 120 cm³/mol. The highest BCUT2D eigenvalue weighted by Crippen LogP contribution is 2.44. The summed E-state index contributed by atoms with van der Waals surface area (Å²) in [6.45, 7) is 4.75. The van der Waals surface area contributed by atoms with Gasteiger partial charge in [-0.3, -0.25) is 9.21 Å². The normalized spacial score (nSPS) is 26.7. The fourth-order valence-corrected chi connectivity index (χ4v) is 7.49. The molecule has 0 saturated carbocycles. The monoisotopic (exact) mass is 468 g/mol. The summed E-state index contributed by atoms with van der Waals surface area (Å²) in [5.74, 6) is -0.434. The fraction of sp³-hybridized carbons (Fsp3) is 0.571. The number of aromatic nitrogens is 1. The Hall–Kier alpha value is -1.59. The lowest BCUT2D eigenvalue weighted by atomic mass is 9.83. The van der Waals surface area contributed by atoms with Crippen LogP contribution in [-0.2, 0) is 27.9 Å². The second-order valence-electron chi connectivity index (χ2n) is 8.47. The summed E-state index contributed by atoms with van der Waals surface area (Å²) >= 11 is 1.65. The van der Waals surface area contributed by atoms with Crippen molar-refractivity contribution in [2.75, 3.05) is 38.2 Å². The molecule has 0 amide bonds. The van der Waals surface area contributed by atoms with Gasteiger partial charge in [0.15, 0.2) is 0 Å². The van der Waals surface area contributed by atoms with Crippen molar-refractivity contribution in [1.82, 2.24) is 14.2 Å². The number of methoxy groups -OCH3 is 1. The number of rotatable bonds is 6. The first-order chi connectivity index (χ1) is 14.8. The van der Waals surface area contributed by atoms with Crippen LogP contribution in [0, 0.1) is 5.82 Å². The highest BCUT2D eigenvalue weighted by molar-refractivity contribution is 7.90. The van der Waals surface area contributed by atoms with Crippen molar-refractivity contribution in [3.63, 3.8) is 0 Å². The van der Waals surface area contributed by atoms with Gasteiger partial charge in [0.1, 0.15) is 5.82 Å². The molecule has 2 aromatic rings. The van der Waals surface area contributed by atoms with E-state index in [4.69, 9.17) is 4.74 Å². The van der Waals surface area contributed by atoms with Crippen molar-refractivity contribution in [3.05, 3.63) is 46.2 Å². The lowest BCUT2D eigenvalue weighted by Crippen LogP contribution is -2.57. The van der Waals surface area contributed by atoms with Crippen molar-refractivity contribution in [3.8, 4) is 0 Å². The van der Waals surface area contributed by atoms with E-state index in [1.165, 1.54) is 25.6 Å². The zero-order chi connectivity index (χ0) is 22.2. The highest BCUT2D eigenvalue weighted by atomic mass is 32.2. The van der Waals surface area contributed by atoms with Gasteiger partial charge in [-0.2, -0.15) is 12.7 Å². The van der Waals surface area contributed by atoms with Crippen LogP contribution in [0.2, 0.25) is 0 Å². The van der Waals surface area contributed by atoms with Gasteiger partial charge in [-0.25, -0.2) is 9.37 Å². The molecule has 3 heterocycles. The maximum atomic E-state index is 13.9. The number of thiazole rings is 1. The van der Waals surface area contributed by atoms with Crippen LogP contribution in [0.1, 0.15) is 30.3 Å². The van der Waals surface area contributed by atoms with Crippen molar-refractivity contribution in [2.24, 2.45) is 0 Å². The first kappa shape index (κ1) is 22.6. The molecule has 0 unspecified atom stereocenters. The Bertz CT molecular complexity index is 1030. The smallest absolute Gasteiger partial charge is 0.304 e. The van der Waals surface area contributed by atoms with Gasteiger partial charge in [0, 0.05) is 51.1 Å². The van der Waals surface area contributed by atoms with Crippen LogP contribution < -0.4 is 4.31 Å². The number of hydrogen-bond donors (Lipinski definition) is 0. The van der Waals surface area contributed by atoms with Gasteiger partial charge in [-0.15, -0.1) is 11.3 Å². The standard InChI is InChI=1S/C21H29FN4O3S2/c1-16-12-21(8-9-25(16)13-20-19(7-10-29-3)23-15-30-20)14-24(2)31(27,28)26(21)18-6-4-5-17(22)11-18/h4-6,11,15-16H,7-10,12-14H2,1-3H3/t16-,21+/m0/s1. The first-order valence-electron chi connectivity index (χ1n) is 10.4. The predicted octanol–water partition coefficient (Wildman–Crippen LogP) is 2.89. The molecule has 4 rings (SSSR count). The molecule has 2 aliphatic rings. The van der Waals surface area contributed by atoms with Gasteiger partial charge < -0.3 is 4.74 Å². The van der Waals surface area contributed by atoms with Gasteiger partial charge in [-0.1, -0.05) is 6.07 Å². The van der Waals surface area contributed by atoms with Crippen molar-refractivity contribution < 1.29 is 17.5 Å². The van der Waals surface area contributed by atoms with E-state index in [9.17, 15) is 12.8 Å². The molecule has 1 aromatic carbocycles. The van der Waals surface area contributed by atoms with Gasteiger partial charge >= 0.3 is 10.2 Å². The molecule has 0 bridgehead atoms.